The number of thiazole rings is 1. The van der Waals surface area contributed by atoms with E-state index in [0.717, 1.165) is 10.0 Å². The van der Waals surface area contributed by atoms with E-state index in [0.29, 0.717) is 0 Å². The highest BCUT2D eigenvalue weighted by molar-refractivity contribution is 7.09. The van der Waals surface area contributed by atoms with Gasteiger partial charge in [-0.05, 0) is 31.5 Å². The number of hydrogen-bond acceptors (Lipinski definition) is 3. The monoisotopic (exact) mass is 266 g/mol. The summed E-state index contributed by atoms with van der Waals surface area (Å²) in [4.78, 5) is 4.31. The number of benzene rings is 1. The number of nitrogens with one attached hydrogen (secondary N) is 1. The Labute approximate surface area is 111 Å². The van der Waals surface area contributed by atoms with Crippen molar-refractivity contribution in [2.75, 3.05) is 0 Å². The first-order chi connectivity index (χ1) is 8.16. The Morgan fingerprint density at radius 2 is 2.12 bits per heavy atom. The molecule has 2 aromatic rings. The van der Waals surface area contributed by atoms with Gasteiger partial charge in [0.2, 0.25) is 0 Å². The van der Waals surface area contributed by atoms with Crippen molar-refractivity contribution in [3.05, 3.63) is 51.4 Å². The maximum absolute atomic E-state index is 5.99. The molecule has 2 atom stereocenters. The zero-order valence-corrected chi connectivity index (χ0v) is 11.4. The lowest BCUT2D eigenvalue weighted by molar-refractivity contribution is 0.493. The summed E-state index contributed by atoms with van der Waals surface area (Å²) in [5.41, 5.74) is 1.20. The highest BCUT2D eigenvalue weighted by Gasteiger charge is 2.12. The van der Waals surface area contributed by atoms with Gasteiger partial charge in [-0.3, -0.25) is 0 Å². The zero-order valence-electron chi connectivity index (χ0n) is 9.85. The number of aromatic nitrogens is 1. The number of rotatable bonds is 4. The zero-order chi connectivity index (χ0) is 12.3. The lowest BCUT2D eigenvalue weighted by Gasteiger charge is -2.19. The van der Waals surface area contributed by atoms with Gasteiger partial charge in [-0.15, -0.1) is 11.3 Å². The van der Waals surface area contributed by atoms with Gasteiger partial charge in [0.1, 0.15) is 5.01 Å². The van der Waals surface area contributed by atoms with Crippen molar-refractivity contribution in [2.45, 2.75) is 25.9 Å². The molecular formula is C13H15ClN2S. The van der Waals surface area contributed by atoms with Crippen molar-refractivity contribution < 1.29 is 0 Å². The molecule has 1 aromatic carbocycles. The second-order valence-electron chi connectivity index (χ2n) is 4.04. The summed E-state index contributed by atoms with van der Waals surface area (Å²) in [6.07, 6.45) is 1.84. The van der Waals surface area contributed by atoms with Crippen molar-refractivity contribution in [1.82, 2.24) is 10.3 Å². The Morgan fingerprint density at radius 1 is 1.29 bits per heavy atom. The van der Waals surface area contributed by atoms with Gasteiger partial charge in [0, 0.05) is 22.6 Å². The fraction of sp³-hybridized carbons (Fsp3) is 0.308. The molecule has 0 amide bonds. The summed E-state index contributed by atoms with van der Waals surface area (Å²) in [6, 6.07) is 8.45. The molecule has 0 aliphatic rings. The van der Waals surface area contributed by atoms with Crippen LogP contribution in [-0.4, -0.2) is 4.98 Å². The highest BCUT2D eigenvalue weighted by atomic mass is 35.5. The van der Waals surface area contributed by atoms with Crippen LogP contribution in [0.1, 0.15) is 36.5 Å². The first-order valence-corrected chi connectivity index (χ1v) is 6.83. The van der Waals surface area contributed by atoms with Gasteiger partial charge >= 0.3 is 0 Å². The minimum Gasteiger partial charge on any atom is -0.302 e. The molecule has 0 spiro atoms. The van der Waals surface area contributed by atoms with Crippen molar-refractivity contribution >= 4 is 22.9 Å². The molecule has 17 heavy (non-hydrogen) atoms. The third kappa shape index (κ3) is 3.28. The van der Waals surface area contributed by atoms with Gasteiger partial charge in [0.05, 0.1) is 6.04 Å². The molecule has 0 bridgehead atoms. The summed E-state index contributed by atoms with van der Waals surface area (Å²) in [7, 11) is 0. The quantitative estimate of drug-likeness (QED) is 0.897. The molecule has 0 fully saturated rings. The average Bonchev–Trinajstić information content (AvgIpc) is 2.82. The third-order valence-electron chi connectivity index (χ3n) is 2.67. The Kier molecular flexibility index (Phi) is 4.15. The van der Waals surface area contributed by atoms with Crippen LogP contribution in [0.2, 0.25) is 5.02 Å². The van der Waals surface area contributed by atoms with Gasteiger partial charge < -0.3 is 5.32 Å². The van der Waals surface area contributed by atoms with Crippen LogP contribution in [0.3, 0.4) is 0 Å². The molecule has 2 rings (SSSR count). The smallest absolute Gasteiger partial charge is 0.109 e. The molecule has 90 valence electrons. The fourth-order valence-corrected chi connectivity index (χ4v) is 2.62. The maximum atomic E-state index is 5.99. The lowest BCUT2D eigenvalue weighted by Crippen LogP contribution is -2.22. The molecule has 4 heteroatoms. The van der Waals surface area contributed by atoms with E-state index in [2.05, 4.69) is 30.2 Å². The molecular weight excluding hydrogens is 252 g/mol. The van der Waals surface area contributed by atoms with Crippen LogP contribution < -0.4 is 5.32 Å². The normalized spacial score (nSPS) is 14.5. The van der Waals surface area contributed by atoms with Gasteiger partial charge in [0.15, 0.2) is 0 Å². The molecule has 1 N–H and O–H groups in total. The van der Waals surface area contributed by atoms with E-state index >= 15 is 0 Å². The van der Waals surface area contributed by atoms with Crippen molar-refractivity contribution in [1.29, 1.82) is 0 Å². The van der Waals surface area contributed by atoms with Crippen LogP contribution in [0, 0.1) is 0 Å². The van der Waals surface area contributed by atoms with E-state index in [-0.39, 0.29) is 12.1 Å². The van der Waals surface area contributed by atoms with Crippen molar-refractivity contribution in [3.8, 4) is 0 Å². The lowest BCUT2D eigenvalue weighted by atomic mass is 10.1. The van der Waals surface area contributed by atoms with E-state index in [4.69, 9.17) is 11.6 Å². The van der Waals surface area contributed by atoms with Crippen LogP contribution in [0.5, 0.6) is 0 Å². The molecule has 0 saturated carbocycles. The third-order valence-corrected chi connectivity index (χ3v) is 3.86. The first-order valence-electron chi connectivity index (χ1n) is 5.57. The number of halogens is 1. The van der Waals surface area contributed by atoms with E-state index < -0.39 is 0 Å². The standard InChI is InChI=1S/C13H15ClN2S/c1-9(11-4-3-5-12(14)8-11)16-10(2)13-15-6-7-17-13/h3-10,16H,1-2H3/t9-,10?/m1/s1. The van der Waals surface area contributed by atoms with E-state index in [1.165, 1.54) is 5.56 Å². The van der Waals surface area contributed by atoms with Crippen LogP contribution >= 0.6 is 22.9 Å². The molecule has 0 saturated heterocycles. The predicted octanol–water partition coefficient (Wildman–Crippen LogP) is 4.21. The minimum absolute atomic E-state index is 0.254. The number of nitrogens with zero attached hydrogens (tertiary/aromatic N) is 1. The number of hydrogen-bond donors (Lipinski definition) is 1. The summed E-state index contributed by atoms with van der Waals surface area (Å²) in [5.74, 6) is 0. The van der Waals surface area contributed by atoms with Crippen LogP contribution in [-0.2, 0) is 0 Å². The Hall–Kier alpha value is -0.900. The molecule has 0 aliphatic heterocycles. The summed E-state index contributed by atoms with van der Waals surface area (Å²) in [6.45, 7) is 4.26. The summed E-state index contributed by atoms with van der Waals surface area (Å²) in [5, 5.41) is 7.40. The van der Waals surface area contributed by atoms with E-state index in [1.54, 1.807) is 11.3 Å². The Morgan fingerprint density at radius 3 is 2.76 bits per heavy atom. The first kappa shape index (κ1) is 12.6. The van der Waals surface area contributed by atoms with Crippen LogP contribution in [0.15, 0.2) is 35.8 Å². The van der Waals surface area contributed by atoms with Crippen molar-refractivity contribution in [3.63, 3.8) is 0 Å². The molecule has 1 aromatic heterocycles. The summed E-state index contributed by atoms with van der Waals surface area (Å²) >= 11 is 7.66. The molecule has 0 radical (unpaired) electrons. The van der Waals surface area contributed by atoms with Crippen LogP contribution in [0.4, 0.5) is 0 Å². The topological polar surface area (TPSA) is 24.9 Å². The Balaban J connectivity index is 2.04. The minimum atomic E-state index is 0.254. The van der Waals surface area contributed by atoms with Gasteiger partial charge in [0.25, 0.3) is 0 Å². The molecule has 2 nitrogen and oxygen atoms in total. The van der Waals surface area contributed by atoms with Gasteiger partial charge in [-0.1, -0.05) is 23.7 Å². The van der Waals surface area contributed by atoms with E-state index in [1.807, 2.05) is 29.8 Å². The second kappa shape index (κ2) is 5.63. The SMILES string of the molecule is CC(N[C@H](C)c1cccc(Cl)c1)c1nccs1. The largest absolute Gasteiger partial charge is 0.302 e. The predicted molar refractivity (Wildman–Crippen MR) is 73.5 cm³/mol. The van der Waals surface area contributed by atoms with Gasteiger partial charge in [-0.2, -0.15) is 0 Å². The highest BCUT2D eigenvalue weighted by Crippen LogP contribution is 2.22. The molecule has 1 unspecified atom stereocenters. The molecule has 1 heterocycles. The van der Waals surface area contributed by atoms with E-state index in [9.17, 15) is 0 Å². The van der Waals surface area contributed by atoms with Crippen molar-refractivity contribution in [2.24, 2.45) is 0 Å². The second-order valence-corrected chi connectivity index (χ2v) is 5.40. The van der Waals surface area contributed by atoms with Gasteiger partial charge in [-0.25, -0.2) is 4.98 Å². The Bertz CT molecular complexity index is 470. The molecule has 0 aliphatic carbocycles. The fourth-order valence-electron chi connectivity index (χ4n) is 1.77. The summed E-state index contributed by atoms with van der Waals surface area (Å²) < 4.78 is 0. The maximum Gasteiger partial charge on any atom is 0.109 e. The van der Waals surface area contributed by atoms with Crippen LogP contribution in [0.25, 0.3) is 0 Å². The average molecular weight is 267 g/mol.